The zero-order chi connectivity index (χ0) is 13.4. The van der Waals surface area contributed by atoms with E-state index < -0.39 is 0 Å². The molecule has 1 heterocycles. The summed E-state index contributed by atoms with van der Waals surface area (Å²) < 4.78 is 6.17. The van der Waals surface area contributed by atoms with Gasteiger partial charge in [0.05, 0.1) is 6.61 Å². The van der Waals surface area contributed by atoms with Crippen molar-refractivity contribution in [3.05, 3.63) is 41.6 Å². The number of para-hydroxylation sites is 2. The summed E-state index contributed by atoms with van der Waals surface area (Å²) in [5.41, 5.74) is 1.48. The van der Waals surface area contributed by atoms with Gasteiger partial charge in [0.25, 0.3) is 5.52 Å². The Balaban J connectivity index is 2.46. The molecule has 5 nitrogen and oxygen atoms in total. The maximum Gasteiger partial charge on any atom is 0.285 e. The van der Waals surface area contributed by atoms with Crippen molar-refractivity contribution in [3.63, 3.8) is 0 Å². The van der Waals surface area contributed by atoms with Gasteiger partial charge in [0.2, 0.25) is 5.52 Å². The van der Waals surface area contributed by atoms with Gasteiger partial charge in [-0.05, 0) is 25.1 Å². The van der Waals surface area contributed by atoms with E-state index in [9.17, 15) is 10.3 Å². The van der Waals surface area contributed by atoms with Gasteiger partial charge in [-0.25, -0.2) is 4.98 Å². The van der Waals surface area contributed by atoms with Crippen LogP contribution in [0, 0.1) is 5.21 Å². The fraction of sp³-hybridized carbons (Fsp3) is 0.143. The minimum atomic E-state index is -0.0799. The Hall–Kier alpha value is -2.56. The maximum atomic E-state index is 12.3. The molecule has 0 bridgehead atoms. The summed E-state index contributed by atoms with van der Waals surface area (Å²) in [5.74, 6) is 0.485. The predicted molar refractivity (Wildman–Crippen MR) is 71.0 cm³/mol. The Kier molecular flexibility index (Phi) is 2.59. The summed E-state index contributed by atoms with van der Waals surface area (Å²) in [7, 11) is 0. The third kappa shape index (κ3) is 1.71. The standard InChI is InChI=1S/C14H12N2O3/c1-2-19-12-8-4-6-10-13(12)15-9-5-3-7-11(17)14(9)16(10)18/h3-8,17H,2H2,1H3. The molecule has 0 spiro atoms. The van der Waals surface area contributed by atoms with Gasteiger partial charge in [0.15, 0.2) is 17.0 Å². The largest absolute Gasteiger partial charge is 0.618 e. The van der Waals surface area contributed by atoms with Crippen molar-refractivity contribution in [1.82, 2.24) is 4.98 Å². The Bertz CT molecular complexity index is 771. The molecule has 0 aliphatic heterocycles. The van der Waals surface area contributed by atoms with Crippen molar-refractivity contribution >= 4 is 22.1 Å². The lowest BCUT2D eigenvalue weighted by atomic mass is 10.2. The van der Waals surface area contributed by atoms with Crippen molar-refractivity contribution in [2.45, 2.75) is 6.92 Å². The summed E-state index contributed by atoms with van der Waals surface area (Å²) in [6, 6.07) is 9.97. The number of phenolic OH excluding ortho intramolecular Hbond substituents is 1. The molecule has 1 N–H and O–H groups in total. The smallest absolute Gasteiger partial charge is 0.285 e. The average Bonchev–Trinajstić information content (AvgIpc) is 2.40. The highest BCUT2D eigenvalue weighted by Gasteiger charge is 2.17. The van der Waals surface area contributed by atoms with Crippen LogP contribution in [-0.4, -0.2) is 16.7 Å². The second kappa shape index (κ2) is 4.28. The maximum absolute atomic E-state index is 12.3. The number of hydrogen-bond donors (Lipinski definition) is 1. The van der Waals surface area contributed by atoms with E-state index >= 15 is 0 Å². The number of nitrogens with zero attached hydrogens (tertiary/aromatic N) is 2. The first-order valence-electron chi connectivity index (χ1n) is 5.99. The van der Waals surface area contributed by atoms with E-state index in [4.69, 9.17) is 4.74 Å². The van der Waals surface area contributed by atoms with Crippen molar-refractivity contribution in [3.8, 4) is 11.5 Å². The molecule has 3 rings (SSSR count). The van der Waals surface area contributed by atoms with Crippen LogP contribution in [0.25, 0.3) is 22.1 Å². The van der Waals surface area contributed by atoms with Crippen molar-refractivity contribution < 1.29 is 14.6 Å². The molecule has 3 aromatic rings. The molecule has 0 saturated carbocycles. The number of aromatic hydroxyl groups is 1. The van der Waals surface area contributed by atoms with Gasteiger partial charge in [-0.1, -0.05) is 12.1 Å². The van der Waals surface area contributed by atoms with Crippen LogP contribution in [0.3, 0.4) is 0 Å². The monoisotopic (exact) mass is 256 g/mol. The van der Waals surface area contributed by atoms with Crippen molar-refractivity contribution in [2.24, 2.45) is 0 Å². The van der Waals surface area contributed by atoms with Gasteiger partial charge < -0.3 is 15.1 Å². The van der Waals surface area contributed by atoms with Crippen LogP contribution in [0.2, 0.25) is 0 Å². The molecule has 0 atom stereocenters. The highest BCUT2D eigenvalue weighted by molar-refractivity contribution is 5.87. The third-order valence-electron chi connectivity index (χ3n) is 2.93. The molecule has 2 aromatic carbocycles. The molecule has 0 fully saturated rings. The highest BCUT2D eigenvalue weighted by atomic mass is 16.5. The number of fused-ring (bicyclic) bond motifs is 2. The molecule has 0 aliphatic carbocycles. The highest BCUT2D eigenvalue weighted by Crippen LogP contribution is 2.26. The van der Waals surface area contributed by atoms with Crippen LogP contribution in [-0.2, 0) is 0 Å². The molecule has 0 radical (unpaired) electrons. The first-order valence-corrected chi connectivity index (χ1v) is 5.99. The number of rotatable bonds is 2. The van der Waals surface area contributed by atoms with Gasteiger partial charge in [-0.2, -0.15) is 4.73 Å². The summed E-state index contributed by atoms with van der Waals surface area (Å²) in [5, 5.41) is 22.1. The van der Waals surface area contributed by atoms with E-state index in [-0.39, 0.29) is 11.3 Å². The van der Waals surface area contributed by atoms with Gasteiger partial charge in [-0.3, -0.25) is 0 Å². The van der Waals surface area contributed by atoms with E-state index in [1.54, 1.807) is 30.3 Å². The SMILES string of the molecule is CCOc1cccc2c1nc1cccc(O)c1[n+]2[O-]. The summed E-state index contributed by atoms with van der Waals surface area (Å²) in [6.45, 7) is 2.37. The number of benzene rings is 2. The summed E-state index contributed by atoms with van der Waals surface area (Å²) in [4.78, 5) is 4.41. The molecular formula is C14H12N2O3. The zero-order valence-corrected chi connectivity index (χ0v) is 10.3. The van der Waals surface area contributed by atoms with Crippen LogP contribution >= 0.6 is 0 Å². The molecular weight excluding hydrogens is 244 g/mol. The molecule has 0 aliphatic rings. The minimum absolute atomic E-state index is 0.0799. The molecule has 1 aromatic heterocycles. The second-order valence-corrected chi connectivity index (χ2v) is 4.11. The Labute approximate surface area is 109 Å². The Morgan fingerprint density at radius 1 is 1.26 bits per heavy atom. The lowest BCUT2D eigenvalue weighted by Crippen LogP contribution is -2.28. The summed E-state index contributed by atoms with van der Waals surface area (Å²) >= 11 is 0. The molecule has 0 saturated heterocycles. The Morgan fingerprint density at radius 3 is 2.84 bits per heavy atom. The quantitative estimate of drug-likeness (QED) is 0.433. The topological polar surface area (TPSA) is 69.3 Å². The first-order chi connectivity index (χ1) is 9.22. The summed E-state index contributed by atoms with van der Waals surface area (Å²) in [6.07, 6.45) is 0. The Morgan fingerprint density at radius 2 is 2.05 bits per heavy atom. The number of aromatic nitrogens is 2. The molecule has 0 amide bonds. The number of hydrogen-bond acceptors (Lipinski definition) is 4. The van der Waals surface area contributed by atoms with E-state index in [1.165, 1.54) is 6.07 Å². The number of ether oxygens (including phenoxy) is 1. The lowest BCUT2D eigenvalue weighted by Gasteiger charge is -2.09. The minimum Gasteiger partial charge on any atom is -0.618 e. The van der Waals surface area contributed by atoms with E-state index in [1.807, 2.05) is 6.92 Å². The molecule has 0 unspecified atom stereocenters. The van der Waals surface area contributed by atoms with Gasteiger partial charge >= 0.3 is 0 Å². The molecule has 96 valence electrons. The van der Waals surface area contributed by atoms with Crippen LogP contribution in [0.1, 0.15) is 6.92 Å². The fourth-order valence-electron chi connectivity index (χ4n) is 2.12. The van der Waals surface area contributed by atoms with Crippen molar-refractivity contribution in [2.75, 3.05) is 6.61 Å². The van der Waals surface area contributed by atoms with Gasteiger partial charge in [0.1, 0.15) is 5.52 Å². The normalized spacial score (nSPS) is 11.0. The van der Waals surface area contributed by atoms with Crippen LogP contribution in [0.4, 0.5) is 0 Å². The first kappa shape index (κ1) is 11.5. The van der Waals surface area contributed by atoms with E-state index in [2.05, 4.69) is 4.98 Å². The molecule has 19 heavy (non-hydrogen) atoms. The van der Waals surface area contributed by atoms with Crippen molar-refractivity contribution in [1.29, 1.82) is 0 Å². The van der Waals surface area contributed by atoms with Gasteiger partial charge in [0, 0.05) is 6.07 Å². The zero-order valence-electron chi connectivity index (χ0n) is 10.3. The number of phenols is 1. The third-order valence-corrected chi connectivity index (χ3v) is 2.93. The van der Waals surface area contributed by atoms with Crippen LogP contribution in [0.5, 0.6) is 11.5 Å². The van der Waals surface area contributed by atoms with Gasteiger partial charge in [-0.15, -0.1) is 0 Å². The van der Waals surface area contributed by atoms with Crippen LogP contribution < -0.4 is 9.47 Å². The van der Waals surface area contributed by atoms with E-state index in [0.29, 0.717) is 33.6 Å². The predicted octanol–water partition coefficient (Wildman–Crippen LogP) is 2.13. The fourth-order valence-corrected chi connectivity index (χ4v) is 2.12. The van der Waals surface area contributed by atoms with Crippen LogP contribution in [0.15, 0.2) is 36.4 Å². The molecule has 5 heteroatoms. The lowest BCUT2D eigenvalue weighted by molar-refractivity contribution is -0.548. The average molecular weight is 256 g/mol. The second-order valence-electron chi connectivity index (χ2n) is 4.11. The van der Waals surface area contributed by atoms with E-state index in [0.717, 1.165) is 0 Å².